The van der Waals surface area contributed by atoms with Crippen molar-refractivity contribution < 1.29 is 14.7 Å². The Morgan fingerprint density at radius 3 is 2.58 bits per heavy atom. The minimum atomic E-state index is -0.868. The molecule has 1 aliphatic rings. The van der Waals surface area contributed by atoms with Crippen molar-refractivity contribution in [2.75, 3.05) is 6.54 Å². The number of hydrogen-bond acceptors (Lipinski definition) is 3. The number of aliphatic carboxylic acids is 1. The number of carbonyl (C=O) groups is 2. The van der Waals surface area contributed by atoms with E-state index in [-0.39, 0.29) is 23.9 Å². The molecule has 0 radical (unpaired) electrons. The fourth-order valence-electron chi connectivity index (χ4n) is 3.44. The molecule has 1 unspecified atom stereocenters. The van der Waals surface area contributed by atoms with E-state index in [0.717, 1.165) is 24.8 Å². The lowest BCUT2D eigenvalue weighted by Crippen LogP contribution is -2.45. The predicted molar refractivity (Wildman–Crippen MR) is 98.0 cm³/mol. The Balaban J connectivity index is 1.82. The van der Waals surface area contributed by atoms with Crippen LogP contribution in [0.4, 0.5) is 0 Å². The summed E-state index contributed by atoms with van der Waals surface area (Å²) >= 11 is 0. The molecule has 0 aliphatic carbocycles. The highest BCUT2D eigenvalue weighted by molar-refractivity contribution is 5.94. The van der Waals surface area contributed by atoms with Crippen molar-refractivity contribution >= 4 is 11.9 Å². The number of nitrogens with one attached hydrogen (secondary N) is 1. The van der Waals surface area contributed by atoms with E-state index in [1.165, 1.54) is 0 Å². The van der Waals surface area contributed by atoms with Crippen molar-refractivity contribution in [2.45, 2.75) is 38.1 Å². The summed E-state index contributed by atoms with van der Waals surface area (Å²) in [5.74, 6) is -1.19. The van der Waals surface area contributed by atoms with Gasteiger partial charge in [-0.1, -0.05) is 30.3 Å². The average Bonchev–Trinajstić information content (AvgIpc) is 2.66. The molecule has 1 atom stereocenters. The van der Waals surface area contributed by atoms with Crippen LogP contribution in [0.2, 0.25) is 0 Å². The van der Waals surface area contributed by atoms with E-state index in [1.807, 2.05) is 30.3 Å². The molecule has 6 nitrogen and oxygen atoms in total. The number of aromatic nitrogens is 1. The normalized spacial score (nSPS) is 17.1. The lowest BCUT2D eigenvalue weighted by Gasteiger charge is -2.35. The predicted octanol–water partition coefficient (Wildman–Crippen LogP) is 2.90. The molecular weight excluding hydrogens is 332 g/mol. The molecule has 0 bridgehead atoms. The maximum Gasteiger partial charge on any atom is 0.303 e. The number of hydrogen-bond donors (Lipinski definition) is 2. The molecule has 0 spiro atoms. The van der Waals surface area contributed by atoms with Crippen LogP contribution >= 0.6 is 0 Å². The van der Waals surface area contributed by atoms with Gasteiger partial charge in [0.1, 0.15) is 5.56 Å². The van der Waals surface area contributed by atoms with Gasteiger partial charge < -0.3 is 15.0 Å². The number of likely N-dealkylation sites (tertiary alicyclic amines) is 1. The Hall–Kier alpha value is -2.89. The van der Waals surface area contributed by atoms with Crippen molar-refractivity contribution in [2.24, 2.45) is 0 Å². The zero-order valence-corrected chi connectivity index (χ0v) is 14.5. The Morgan fingerprint density at radius 2 is 1.88 bits per heavy atom. The average molecular weight is 354 g/mol. The number of amides is 1. The number of nitrogens with zero attached hydrogens (tertiary/aromatic N) is 1. The first kappa shape index (κ1) is 17.9. The zero-order chi connectivity index (χ0) is 18.5. The SMILES string of the molecule is O=C(O)CCC1CCCCN1C(=O)c1ccc(-c2ccccc2)[nH]c1=O. The van der Waals surface area contributed by atoms with Crippen molar-refractivity contribution in [1.29, 1.82) is 0 Å². The summed E-state index contributed by atoms with van der Waals surface area (Å²) in [6.45, 7) is 0.559. The van der Waals surface area contributed by atoms with Crippen molar-refractivity contribution in [1.82, 2.24) is 9.88 Å². The van der Waals surface area contributed by atoms with Crippen LogP contribution in [0, 0.1) is 0 Å². The second-order valence-corrected chi connectivity index (χ2v) is 6.56. The minimum absolute atomic E-state index is 0.0255. The number of benzene rings is 1. The van der Waals surface area contributed by atoms with Crippen LogP contribution in [0.25, 0.3) is 11.3 Å². The number of rotatable bonds is 5. The first-order valence-electron chi connectivity index (χ1n) is 8.88. The third-order valence-corrected chi connectivity index (χ3v) is 4.80. The van der Waals surface area contributed by atoms with E-state index >= 15 is 0 Å². The smallest absolute Gasteiger partial charge is 0.303 e. The second-order valence-electron chi connectivity index (χ2n) is 6.56. The van der Waals surface area contributed by atoms with Gasteiger partial charge in [-0.25, -0.2) is 0 Å². The highest BCUT2D eigenvalue weighted by Crippen LogP contribution is 2.23. The minimum Gasteiger partial charge on any atom is -0.481 e. The summed E-state index contributed by atoms with van der Waals surface area (Å²) in [4.78, 5) is 40.7. The van der Waals surface area contributed by atoms with Crippen LogP contribution in [0.15, 0.2) is 47.3 Å². The summed E-state index contributed by atoms with van der Waals surface area (Å²) in [5.41, 5.74) is 1.22. The molecule has 1 saturated heterocycles. The highest BCUT2D eigenvalue weighted by Gasteiger charge is 2.29. The Morgan fingerprint density at radius 1 is 1.12 bits per heavy atom. The lowest BCUT2D eigenvalue weighted by molar-refractivity contribution is -0.137. The molecule has 26 heavy (non-hydrogen) atoms. The third kappa shape index (κ3) is 4.02. The summed E-state index contributed by atoms with van der Waals surface area (Å²) in [7, 11) is 0. The molecule has 1 amide bonds. The second kappa shape index (κ2) is 7.99. The number of carboxylic acid groups (broad SMARTS) is 1. The molecule has 6 heteroatoms. The lowest BCUT2D eigenvalue weighted by atomic mass is 9.97. The first-order valence-corrected chi connectivity index (χ1v) is 8.88. The van der Waals surface area contributed by atoms with E-state index in [2.05, 4.69) is 4.98 Å². The molecule has 1 aromatic carbocycles. The summed E-state index contributed by atoms with van der Waals surface area (Å²) in [6.07, 6.45) is 3.06. The van der Waals surface area contributed by atoms with Crippen LogP contribution in [0.1, 0.15) is 42.5 Å². The van der Waals surface area contributed by atoms with Gasteiger partial charge in [0.25, 0.3) is 11.5 Å². The molecule has 1 aliphatic heterocycles. The molecular formula is C20H22N2O4. The molecule has 0 saturated carbocycles. The Labute approximate surface area is 151 Å². The molecule has 1 aromatic heterocycles. The summed E-state index contributed by atoms with van der Waals surface area (Å²) < 4.78 is 0. The summed E-state index contributed by atoms with van der Waals surface area (Å²) in [5, 5.41) is 8.91. The molecule has 1 fully saturated rings. The molecule has 2 N–H and O–H groups in total. The fourth-order valence-corrected chi connectivity index (χ4v) is 3.44. The third-order valence-electron chi connectivity index (χ3n) is 4.80. The van der Waals surface area contributed by atoms with Crippen LogP contribution in [0.3, 0.4) is 0 Å². The number of pyridine rings is 1. The van der Waals surface area contributed by atoms with Crippen LogP contribution < -0.4 is 5.56 Å². The van der Waals surface area contributed by atoms with Crippen LogP contribution in [-0.4, -0.2) is 39.5 Å². The standard InChI is InChI=1S/C20H22N2O4/c23-18(24)12-9-15-8-4-5-13-22(15)20(26)16-10-11-17(21-19(16)25)14-6-2-1-3-7-14/h1-3,6-7,10-11,15H,4-5,8-9,12-13H2,(H,21,25)(H,23,24). The van der Waals surface area contributed by atoms with E-state index < -0.39 is 11.5 Å². The zero-order valence-electron chi connectivity index (χ0n) is 14.5. The Kier molecular flexibility index (Phi) is 5.51. The van der Waals surface area contributed by atoms with Gasteiger partial charge in [0.15, 0.2) is 0 Å². The van der Waals surface area contributed by atoms with E-state index in [1.54, 1.807) is 17.0 Å². The number of carbonyl (C=O) groups excluding carboxylic acids is 1. The fraction of sp³-hybridized carbons (Fsp3) is 0.350. The van der Waals surface area contributed by atoms with E-state index in [0.29, 0.717) is 18.7 Å². The van der Waals surface area contributed by atoms with Crippen LogP contribution in [-0.2, 0) is 4.79 Å². The summed E-state index contributed by atoms with van der Waals surface area (Å²) in [6, 6.07) is 12.6. The number of piperidine rings is 1. The molecule has 136 valence electrons. The molecule has 2 aromatic rings. The van der Waals surface area contributed by atoms with Gasteiger partial charge >= 0.3 is 5.97 Å². The van der Waals surface area contributed by atoms with E-state index in [9.17, 15) is 14.4 Å². The van der Waals surface area contributed by atoms with Gasteiger partial charge in [-0.3, -0.25) is 14.4 Å². The van der Waals surface area contributed by atoms with Gasteiger partial charge in [-0.15, -0.1) is 0 Å². The topological polar surface area (TPSA) is 90.5 Å². The maximum atomic E-state index is 12.9. The highest BCUT2D eigenvalue weighted by atomic mass is 16.4. The van der Waals surface area contributed by atoms with Gasteiger partial charge in [0.2, 0.25) is 0 Å². The monoisotopic (exact) mass is 354 g/mol. The van der Waals surface area contributed by atoms with Crippen molar-refractivity contribution in [3.63, 3.8) is 0 Å². The quantitative estimate of drug-likeness (QED) is 0.864. The number of H-pyrrole nitrogens is 1. The molecule has 3 rings (SSSR count). The number of carboxylic acids is 1. The van der Waals surface area contributed by atoms with Gasteiger partial charge in [-0.2, -0.15) is 0 Å². The number of aromatic amines is 1. The maximum absolute atomic E-state index is 12.9. The van der Waals surface area contributed by atoms with E-state index in [4.69, 9.17) is 5.11 Å². The Bertz CT molecular complexity index is 844. The van der Waals surface area contributed by atoms with Crippen molar-refractivity contribution in [3.05, 3.63) is 58.4 Å². The van der Waals surface area contributed by atoms with Crippen molar-refractivity contribution in [3.8, 4) is 11.3 Å². The van der Waals surface area contributed by atoms with Crippen LogP contribution in [0.5, 0.6) is 0 Å². The first-order chi connectivity index (χ1) is 12.6. The molecule has 2 heterocycles. The largest absolute Gasteiger partial charge is 0.481 e. The van der Waals surface area contributed by atoms with Gasteiger partial charge in [0, 0.05) is 24.7 Å². The van der Waals surface area contributed by atoms with Gasteiger partial charge in [-0.05, 0) is 43.4 Å². The van der Waals surface area contributed by atoms with Gasteiger partial charge in [0.05, 0.1) is 0 Å².